The molecule has 1 aromatic rings. The molecule has 0 aliphatic rings. The topological polar surface area (TPSA) is 47.3 Å². The summed E-state index contributed by atoms with van der Waals surface area (Å²) < 4.78 is 5.35. The molecule has 0 saturated carbocycles. The van der Waals surface area contributed by atoms with Crippen molar-refractivity contribution in [2.45, 2.75) is 19.9 Å². The van der Waals surface area contributed by atoms with E-state index in [2.05, 4.69) is 5.43 Å². The molecular formula is C11H17ClN2O. The van der Waals surface area contributed by atoms with Gasteiger partial charge in [0.2, 0.25) is 0 Å². The molecule has 0 radical (unpaired) electrons. The molecule has 0 heterocycles. The summed E-state index contributed by atoms with van der Waals surface area (Å²) in [5.41, 5.74) is 4.97. The lowest BCUT2D eigenvalue weighted by atomic mass is 10.0. The third-order valence-corrected chi connectivity index (χ3v) is 2.54. The summed E-state index contributed by atoms with van der Waals surface area (Å²) >= 11 is 5.94. The van der Waals surface area contributed by atoms with E-state index in [-0.39, 0.29) is 6.04 Å². The smallest absolute Gasteiger partial charge is 0.0696 e. The van der Waals surface area contributed by atoms with Crippen LogP contribution in [0.15, 0.2) is 18.2 Å². The molecule has 1 rings (SSSR count). The van der Waals surface area contributed by atoms with Crippen LogP contribution in [-0.4, -0.2) is 13.2 Å². The second-order valence-electron chi connectivity index (χ2n) is 3.38. The Balaban J connectivity index is 2.85. The lowest BCUT2D eigenvalue weighted by molar-refractivity contribution is 0.123. The minimum atomic E-state index is -0.0105. The molecule has 4 heteroatoms. The molecule has 0 saturated heterocycles. The Kier molecular flexibility index (Phi) is 5.05. The van der Waals surface area contributed by atoms with Crippen molar-refractivity contribution in [1.29, 1.82) is 0 Å². The maximum Gasteiger partial charge on any atom is 0.0696 e. The lowest BCUT2D eigenvalue weighted by Crippen LogP contribution is -2.31. The summed E-state index contributed by atoms with van der Waals surface area (Å²) in [6.45, 7) is 5.21. The summed E-state index contributed by atoms with van der Waals surface area (Å²) in [5, 5.41) is 0.715. The van der Waals surface area contributed by atoms with Crippen molar-refractivity contribution >= 4 is 11.6 Å². The Hall–Kier alpha value is -0.610. The van der Waals surface area contributed by atoms with E-state index in [4.69, 9.17) is 22.2 Å². The van der Waals surface area contributed by atoms with Gasteiger partial charge in [0.1, 0.15) is 0 Å². The molecule has 0 amide bonds. The highest BCUT2D eigenvalue weighted by Gasteiger charge is 2.12. The summed E-state index contributed by atoms with van der Waals surface area (Å²) in [6, 6.07) is 5.76. The van der Waals surface area contributed by atoms with E-state index in [9.17, 15) is 0 Å². The first-order valence-electron chi connectivity index (χ1n) is 4.99. The molecule has 1 unspecified atom stereocenters. The van der Waals surface area contributed by atoms with Gasteiger partial charge in [-0.15, -0.1) is 0 Å². The van der Waals surface area contributed by atoms with E-state index in [1.54, 1.807) is 0 Å². The third kappa shape index (κ3) is 3.47. The highest BCUT2D eigenvalue weighted by atomic mass is 35.5. The fraction of sp³-hybridized carbons (Fsp3) is 0.455. The van der Waals surface area contributed by atoms with Gasteiger partial charge in [-0.25, -0.2) is 0 Å². The Morgan fingerprint density at radius 2 is 2.27 bits per heavy atom. The van der Waals surface area contributed by atoms with E-state index < -0.39 is 0 Å². The number of hydrogen-bond acceptors (Lipinski definition) is 3. The Bertz CT molecular complexity index is 317. The van der Waals surface area contributed by atoms with Gasteiger partial charge in [-0.2, -0.15) is 0 Å². The molecule has 15 heavy (non-hydrogen) atoms. The molecule has 1 atom stereocenters. The molecule has 0 aliphatic heterocycles. The van der Waals surface area contributed by atoms with E-state index in [0.717, 1.165) is 11.1 Å². The Morgan fingerprint density at radius 3 is 2.87 bits per heavy atom. The average molecular weight is 229 g/mol. The summed E-state index contributed by atoms with van der Waals surface area (Å²) in [7, 11) is 0. The number of nitrogens with one attached hydrogen (secondary N) is 1. The van der Waals surface area contributed by atoms with Crippen molar-refractivity contribution in [2.24, 2.45) is 5.84 Å². The van der Waals surface area contributed by atoms with Gasteiger partial charge in [-0.3, -0.25) is 11.3 Å². The number of halogens is 1. The van der Waals surface area contributed by atoms with Gasteiger partial charge < -0.3 is 4.74 Å². The molecule has 0 aliphatic carbocycles. The molecule has 1 aromatic carbocycles. The number of nitrogens with two attached hydrogens (primary N) is 1. The monoisotopic (exact) mass is 228 g/mol. The van der Waals surface area contributed by atoms with Gasteiger partial charge >= 0.3 is 0 Å². The van der Waals surface area contributed by atoms with Crippen LogP contribution in [0.2, 0.25) is 5.02 Å². The van der Waals surface area contributed by atoms with Gasteiger partial charge in [0.05, 0.1) is 12.6 Å². The predicted molar refractivity (Wildman–Crippen MR) is 62.7 cm³/mol. The van der Waals surface area contributed by atoms with Crippen molar-refractivity contribution in [2.75, 3.05) is 13.2 Å². The Labute approximate surface area is 95.5 Å². The van der Waals surface area contributed by atoms with Crippen LogP contribution in [0.1, 0.15) is 24.1 Å². The van der Waals surface area contributed by atoms with Crippen LogP contribution in [0.3, 0.4) is 0 Å². The summed E-state index contributed by atoms with van der Waals surface area (Å²) in [5.74, 6) is 5.49. The number of hydrazine groups is 1. The van der Waals surface area contributed by atoms with Crippen LogP contribution < -0.4 is 11.3 Å². The third-order valence-electron chi connectivity index (χ3n) is 2.31. The van der Waals surface area contributed by atoms with E-state index in [1.165, 1.54) is 0 Å². The fourth-order valence-electron chi connectivity index (χ4n) is 1.45. The van der Waals surface area contributed by atoms with Crippen molar-refractivity contribution < 1.29 is 4.74 Å². The van der Waals surface area contributed by atoms with E-state index in [1.807, 2.05) is 32.0 Å². The van der Waals surface area contributed by atoms with E-state index >= 15 is 0 Å². The fourth-order valence-corrected chi connectivity index (χ4v) is 1.63. The van der Waals surface area contributed by atoms with Crippen molar-refractivity contribution in [3.05, 3.63) is 34.3 Å². The number of aryl methyl sites for hydroxylation is 1. The quantitative estimate of drug-likeness (QED) is 0.600. The van der Waals surface area contributed by atoms with Crippen LogP contribution in [0, 0.1) is 6.92 Å². The second-order valence-corrected chi connectivity index (χ2v) is 3.82. The predicted octanol–water partition coefficient (Wildman–Crippen LogP) is 2.19. The zero-order valence-corrected chi connectivity index (χ0v) is 9.84. The average Bonchev–Trinajstić information content (AvgIpc) is 2.24. The minimum Gasteiger partial charge on any atom is -0.380 e. The maximum atomic E-state index is 5.94. The van der Waals surface area contributed by atoms with Gasteiger partial charge in [-0.05, 0) is 37.1 Å². The van der Waals surface area contributed by atoms with Gasteiger partial charge in [0.15, 0.2) is 0 Å². The zero-order valence-electron chi connectivity index (χ0n) is 9.09. The first-order chi connectivity index (χ1) is 7.19. The number of hydrogen-bond donors (Lipinski definition) is 2. The number of ether oxygens (including phenoxy) is 1. The van der Waals surface area contributed by atoms with Gasteiger partial charge in [-0.1, -0.05) is 17.7 Å². The summed E-state index contributed by atoms with van der Waals surface area (Å²) in [6.07, 6.45) is 0. The van der Waals surface area contributed by atoms with Crippen LogP contribution in [0.4, 0.5) is 0 Å². The van der Waals surface area contributed by atoms with Crippen LogP contribution >= 0.6 is 11.6 Å². The second kappa shape index (κ2) is 6.08. The molecule has 3 nitrogen and oxygen atoms in total. The SMILES string of the molecule is CCOCC(NN)c1cc(Cl)ccc1C. The normalized spacial score (nSPS) is 12.8. The molecule has 3 N–H and O–H groups in total. The highest BCUT2D eigenvalue weighted by Crippen LogP contribution is 2.21. The van der Waals surface area contributed by atoms with Crippen LogP contribution in [0.25, 0.3) is 0 Å². The van der Waals surface area contributed by atoms with Crippen LogP contribution in [0.5, 0.6) is 0 Å². The molecule has 84 valence electrons. The first-order valence-corrected chi connectivity index (χ1v) is 5.36. The van der Waals surface area contributed by atoms with Gasteiger partial charge in [0.25, 0.3) is 0 Å². The highest BCUT2D eigenvalue weighted by molar-refractivity contribution is 6.30. The van der Waals surface area contributed by atoms with Crippen molar-refractivity contribution in [3.63, 3.8) is 0 Å². The molecule has 0 fully saturated rings. The molecule has 0 bridgehead atoms. The zero-order chi connectivity index (χ0) is 11.3. The van der Waals surface area contributed by atoms with Crippen molar-refractivity contribution in [3.8, 4) is 0 Å². The largest absolute Gasteiger partial charge is 0.380 e. The van der Waals surface area contributed by atoms with Crippen molar-refractivity contribution in [1.82, 2.24) is 5.43 Å². The maximum absolute atomic E-state index is 5.94. The van der Waals surface area contributed by atoms with Crippen LogP contribution in [-0.2, 0) is 4.74 Å². The number of rotatable bonds is 5. The van der Waals surface area contributed by atoms with Gasteiger partial charge in [0, 0.05) is 11.6 Å². The van der Waals surface area contributed by atoms with E-state index in [0.29, 0.717) is 18.2 Å². The summed E-state index contributed by atoms with van der Waals surface area (Å²) in [4.78, 5) is 0. The standard InChI is InChI=1S/C11H17ClN2O/c1-3-15-7-11(14-13)10-6-9(12)5-4-8(10)2/h4-6,11,14H,3,7,13H2,1-2H3. The number of benzene rings is 1. The molecule has 0 aromatic heterocycles. The first kappa shape index (κ1) is 12.5. The molecular weight excluding hydrogens is 212 g/mol. The Morgan fingerprint density at radius 1 is 1.53 bits per heavy atom. The lowest BCUT2D eigenvalue weighted by Gasteiger charge is -2.18. The minimum absolute atomic E-state index is 0.0105. The molecule has 0 spiro atoms.